The molecule has 7 nitrogen and oxygen atoms in total. The molecule has 1 aliphatic heterocycles. The summed E-state index contributed by atoms with van der Waals surface area (Å²) >= 11 is 0. The van der Waals surface area contributed by atoms with Crippen LogP contribution in [0.3, 0.4) is 0 Å². The number of aromatic nitrogens is 3. The average molecular weight is 307 g/mol. The standard InChI is InChI=1S/C13H17N5O2S/c1-16-13(5-7-15-16)21(19,20)18-10-8-17(9-11-18)12-4-2-3-6-14-12/h2-7H,8-11H2,1H3. The third kappa shape index (κ3) is 2.64. The molecule has 0 N–H and O–H groups in total. The lowest BCUT2D eigenvalue weighted by atomic mass is 10.3. The van der Waals surface area contributed by atoms with Gasteiger partial charge in [-0.1, -0.05) is 6.07 Å². The van der Waals surface area contributed by atoms with Crippen molar-refractivity contribution in [2.24, 2.45) is 7.05 Å². The zero-order valence-electron chi connectivity index (χ0n) is 11.8. The molecular formula is C13H17N5O2S. The Morgan fingerprint density at radius 1 is 1.05 bits per heavy atom. The third-order valence-electron chi connectivity index (χ3n) is 3.59. The molecule has 0 unspecified atom stereocenters. The van der Waals surface area contributed by atoms with Crippen molar-refractivity contribution in [1.29, 1.82) is 0 Å². The maximum atomic E-state index is 12.5. The van der Waals surface area contributed by atoms with E-state index in [2.05, 4.69) is 15.0 Å². The highest BCUT2D eigenvalue weighted by Crippen LogP contribution is 2.19. The Balaban J connectivity index is 1.73. The first-order valence-electron chi connectivity index (χ1n) is 6.73. The van der Waals surface area contributed by atoms with E-state index in [9.17, 15) is 8.42 Å². The van der Waals surface area contributed by atoms with Gasteiger partial charge in [-0.3, -0.25) is 4.68 Å². The number of sulfonamides is 1. The lowest BCUT2D eigenvalue weighted by Gasteiger charge is -2.34. The number of rotatable bonds is 3. The first kappa shape index (κ1) is 14.0. The van der Waals surface area contributed by atoms with E-state index < -0.39 is 10.0 Å². The van der Waals surface area contributed by atoms with Crippen molar-refractivity contribution in [3.8, 4) is 0 Å². The molecule has 1 fully saturated rings. The van der Waals surface area contributed by atoms with Gasteiger partial charge in [-0.15, -0.1) is 0 Å². The van der Waals surface area contributed by atoms with Gasteiger partial charge in [0.25, 0.3) is 10.0 Å². The first-order valence-corrected chi connectivity index (χ1v) is 8.17. The molecule has 0 saturated carbocycles. The Hall–Kier alpha value is -1.93. The van der Waals surface area contributed by atoms with E-state index in [0.717, 1.165) is 5.82 Å². The second-order valence-electron chi connectivity index (χ2n) is 4.87. The zero-order chi connectivity index (χ0) is 14.9. The lowest BCUT2D eigenvalue weighted by molar-refractivity contribution is 0.379. The van der Waals surface area contributed by atoms with Crippen LogP contribution in [-0.4, -0.2) is 53.7 Å². The highest BCUT2D eigenvalue weighted by molar-refractivity contribution is 7.89. The van der Waals surface area contributed by atoms with Gasteiger partial charge in [-0.05, 0) is 18.2 Å². The highest BCUT2D eigenvalue weighted by atomic mass is 32.2. The van der Waals surface area contributed by atoms with Crippen LogP contribution in [-0.2, 0) is 17.1 Å². The Kier molecular flexibility index (Phi) is 3.64. The predicted octanol–water partition coefficient (Wildman–Crippen LogP) is 0.326. The number of pyridine rings is 1. The molecule has 2 aromatic rings. The van der Waals surface area contributed by atoms with E-state index in [-0.39, 0.29) is 5.03 Å². The maximum absolute atomic E-state index is 12.5. The van der Waals surface area contributed by atoms with Crippen LogP contribution in [0, 0.1) is 0 Å². The molecule has 1 aliphatic rings. The van der Waals surface area contributed by atoms with E-state index in [1.807, 2.05) is 18.2 Å². The maximum Gasteiger partial charge on any atom is 0.260 e. The van der Waals surface area contributed by atoms with Crippen LogP contribution in [0.5, 0.6) is 0 Å². The molecule has 21 heavy (non-hydrogen) atoms. The topological polar surface area (TPSA) is 71.3 Å². The van der Waals surface area contributed by atoms with Crippen LogP contribution in [0.15, 0.2) is 41.7 Å². The number of aryl methyl sites for hydroxylation is 1. The van der Waals surface area contributed by atoms with Crippen molar-refractivity contribution in [3.05, 3.63) is 36.7 Å². The van der Waals surface area contributed by atoms with E-state index in [0.29, 0.717) is 26.2 Å². The Labute approximate surface area is 123 Å². The van der Waals surface area contributed by atoms with Gasteiger partial charge in [0.2, 0.25) is 0 Å². The molecular weight excluding hydrogens is 290 g/mol. The predicted molar refractivity (Wildman–Crippen MR) is 78.4 cm³/mol. The molecule has 0 aliphatic carbocycles. The molecule has 0 aromatic carbocycles. The van der Waals surface area contributed by atoms with Crippen LogP contribution in [0.25, 0.3) is 0 Å². The van der Waals surface area contributed by atoms with Crippen molar-refractivity contribution in [2.45, 2.75) is 5.03 Å². The fourth-order valence-electron chi connectivity index (χ4n) is 2.45. The van der Waals surface area contributed by atoms with Crippen molar-refractivity contribution < 1.29 is 8.42 Å². The summed E-state index contributed by atoms with van der Waals surface area (Å²) < 4.78 is 28.0. The summed E-state index contributed by atoms with van der Waals surface area (Å²) in [6, 6.07) is 7.26. The van der Waals surface area contributed by atoms with Crippen LogP contribution >= 0.6 is 0 Å². The number of hydrogen-bond donors (Lipinski definition) is 0. The molecule has 8 heteroatoms. The van der Waals surface area contributed by atoms with Crippen molar-refractivity contribution >= 4 is 15.8 Å². The Morgan fingerprint density at radius 3 is 2.38 bits per heavy atom. The van der Waals surface area contributed by atoms with E-state index in [1.54, 1.807) is 13.2 Å². The van der Waals surface area contributed by atoms with Gasteiger partial charge >= 0.3 is 0 Å². The molecule has 0 atom stereocenters. The minimum atomic E-state index is -3.47. The van der Waals surface area contributed by atoms with Crippen molar-refractivity contribution in [2.75, 3.05) is 31.1 Å². The van der Waals surface area contributed by atoms with Crippen molar-refractivity contribution in [1.82, 2.24) is 19.1 Å². The van der Waals surface area contributed by atoms with Gasteiger partial charge in [-0.25, -0.2) is 13.4 Å². The van der Waals surface area contributed by atoms with Gasteiger partial charge in [-0.2, -0.15) is 9.40 Å². The second kappa shape index (κ2) is 5.45. The van der Waals surface area contributed by atoms with E-state index in [1.165, 1.54) is 21.3 Å². The number of anilines is 1. The lowest BCUT2D eigenvalue weighted by Crippen LogP contribution is -2.49. The molecule has 0 bridgehead atoms. The largest absolute Gasteiger partial charge is 0.354 e. The summed E-state index contributed by atoms with van der Waals surface area (Å²) in [6.45, 7) is 2.16. The summed E-state index contributed by atoms with van der Waals surface area (Å²) in [5, 5.41) is 4.16. The smallest absolute Gasteiger partial charge is 0.260 e. The summed E-state index contributed by atoms with van der Waals surface area (Å²) in [6.07, 6.45) is 3.24. The van der Waals surface area contributed by atoms with Gasteiger partial charge in [0.1, 0.15) is 5.82 Å². The minimum absolute atomic E-state index is 0.230. The van der Waals surface area contributed by atoms with E-state index >= 15 is 0 Å². The highest BCUT2D eigenvalue weighted by Gasteiger charge is 2.30. The van der Waals surface area contributed by atoms with Crippen LogP contribution in [0.1, 0.15) is 0 Å². The van der Waals surface area contributed by atoms with Crippen molar-refractivity contribution in [3.63, 3.8) is 0 Å². The Morgan fingerprint density at radius 2 is 1.81 bits per heavy atom. The molecule has 1 saturated heterocycles. The van der Waals surface area contributed by atoms with Crippen LogP contribution < -0.4 is 4.90 Å². The molecule has 3 rings (SSSR count). The molecule has 0 amide bonds. The molecule has 0 radical (unpaired) electrons. The zero-order valence-corrected chi connectivity index (χ0v) is 12.6. The molecule has 112 valence electrons. The minimum Gasteiger partial charge on any atom is -0.354 e. The van der Waals surface area contributed by atoms with Gasteiger partial charge in [0, 0.05) is 39.4 Å². The Bertz CT molecular complexity index is 705. The van der Waals surface area contributed by atoms with Crippen LogP contribution in [0.4, 0.5) is 5.82 Å². The summed E-state index contributed by atoms with van der Waals surface area (Å²) in [5.41, 5.74) is 0. The summed E-state index contributed by atoms with van der Waals surface area (Å²) in [4.78, 5) is 6.39. The van der Waals surface area contributed by atoms with Gasteiger partial charge in [0.15, 0.2) is 5.03 Å². The van der Waals surface area contributed by atoms with Crippen LogP contribution in [0.2, 0.25) is 0 Å². The van der Waals surface area contributed by atoms with E-state index in [4.69, 9.17) is 0 Å². The van der Waals surface area contributed by atoms with Gasteiger partial charge in [0.05, 0.1) is 6.20 Å². The van der Waals surface area contributed by atoms with Gasteiger partial charge < -0.3 is 4.90 Å². The summed E-state index contributed by atoms with van der Waals surface area (Å²) in [7, 11) is -1.83. The average Bonchev–Trinajstić information content (AvgIpc) is 2.95. The number of hydrogen-bond acceptors (Lipinski definition) is 5. The SMILES string of the molecule is Cn1nccc1S(=O)(=O)N1CCN(c2ccccn2)CC1. The summed E-state index contributed by atoms with van der Waals surface area (Å²) in [5.74, 6) is 0.884. The number of nitrogens with zero attached hydrogens (tertiary/aromatic N) is 5. The fraction of sp³-hybridized carbons (Fsp3) is 0.385. The second-order valence-corrected chi connectivity index (χ2v) is 6.76. The monoisotopic (exact) mass is 307 g/mol. The first-order chi connectivity index (χ1) is 10.1. The molecule has 0 spiro atoms. The fourth-order valence-corrected chi connectivity index (χ4v) is 3.97. The quantitative estimate of drug-likeness (QED) is 0.817. The molecule has 3 heterocycles. The normalized spacial score (nSPS) is 17.1. The number of piperazine rings is 1. The molecule has 2 aromatic heterocycles. The third-order valence-corrected chi connectivity index (χ3v) is 5.57.